The number of halogens is 4. The number of hydrogen-bond donors (Lipinski definition) is 1. The van der Waals surface area contributed by atoms with Crippen LogP contribution in [0.5, 0.6) is 17.6 Å². The first kappa shape index (κ1) is 23.5. The van der Waals surface area contributed by atoms with E-state index in [2.05, 4.69) is 25.3 Å². The Kier molecular flexibility index (Phi) is 6.35. The van der Waals surface area contributed by atoms with Gasteiger partial charge in [0.2, 0.25) is 11.8 Å². The summed E-state index contributed by atoms with van der Waals surface area (Å²) in [4.78, 5) is 10.7. The van der Waals surface area contributed by atoms with Crippen LogP contribution in [-0.4, -0.2) is 52.2 Å². The van der Waals surface area contributed by atoms with Crippen molar-refractivity contribution in [2.75, 3.05) is 30.4 Å². The predicted molar refractivity (Wildman–Crippen MR) is 124 cm³/mol. The number of rotatable bonds is 7. The number of ether oxygens (including phenoxy) is 2. The van der Waals surface area contributed by atoms with E-state index in [0.717, 1.165) is 36.3 Å². The minimum Gasteiger partial charge on any atom is -0.481 e. The summed E-state index contributed by atoms with van der Waals surface area (Å²) in [7, 11) is 1.58. The molecule has 1 aromatic carbocycles. The van der Waals surface area contributed by atoms with Gasteiger partial charge in [-0.1, -0.05) is 17.7 Å². The Hall–Kier alpha value is -3.21. The highest BCUT2D eigenvalue weighted by Crippen LogP contribution is 2.40. The van der Waals surface area contributed by atoms with E-state index < -0.39 is 12.7 Å². The lowest BCUT2D eigenvalue weighted by molar-refractivity contribution is -0.143. The summed E-state index contributed by atoms with van der Waals surface area (Å²) in [5.41, 5.74) is 1.04. The summed E-state index contributed by atoms with van der Waals surface area (Å²) >= 11 is 5.97. The van der Waals surface area contributed by atoms with E-state index in [4.69, 9.17) is 21.1 Å². The van der Waals surface area contributed by atoms with Crippen LogP contribution < -0.4 is 19.7 Å². The number of anilines is 2. The summed E-state index contributed by atoms with van der Waals surface area (Å²) in [6, 6.07) is 10.1. The predicted octanol–water partition coefficient (Wildman–Crippen LogP) is 5.02. The highest BCUT2D eigenvalue weighted by atomic mass is 35.5. The van der Waals surface area contributed by atoms with E-state index in [1.165, 1.54) is 6.07 Å². The fourth-order valence-electron chi connectivity index (χ4n) is 4.90. The van der Waals surface area contributed by atoms with Crippen LogP contribution in [0.3, 0.4) is 0 Å². The molecular formula is C23H24ClF3N6O2. The van der Waals surface area contributed by atoms with Crippen LogP contribution in [0.4, 0.5) is 24.8 Å². The second-order valence-electron chi connectivity index (χ2n) is 8.78. The molecule has 0 radical (unpaired) electrons. The molecule has 1 aliphatic heterocycles. The maximum absolute atomic E-state index is 13.2. The standard InChI is InChI=1S/C23H24ClF3N6O2/c1-34-19-10-17(7-8-28-19)32-11-14-5-6-15(12-32)20(14)29-21-30-22(33(31-21)13-23(25,26)27)35-18-4-2-3-16(24)9-18/h2-4,7-10,14-15,20H,5-6,11-13H2,1H3,(H,29,31)/t14-,15+,20-. The van der Waals surface area contributed by atoms with Crippen molar-refractivity contribution < 1.29 is 22.6 Å². The molecule has 2 aliphatic rings. The number of piperidine rings is 1. The molecule has 12 heteroatoms. The van der Waals surface area contributed by atoms with Crippen molar-refractivity contribution >= 4 is 23.2 Å². The van der Waals surface area contributed by atoms with Gasteiger partial charge in [0.15, 0.2) is 0 Å². The average molecular weight is 509 g/mol. The van der Waals surface area contributed by atoms with Crippen molar-refractivity contribution in [1.82, 2.24) is 19.7 Å². The van der Waals surface area contributed by atoms with E-state index in [9.17, 15) is 13.2 Å². The third-order valence-corrected chi connectivity index (χ3v) is 6.63. The van der Waals surface area contributed by atoms with E-state index in [0.29, 0.717) is 22.7 Å². The van der Waals surface area contributed by atoms with Gasteiger partial charge >= 0.3 is 12.2 Å². The van der Waals surface area contributed by atoms with Crippen LogP contribution in [0.15, 0.2) is 42.6 Å². The minimum atomic E-state index is -4.48. The summed E-state index contributed by atoms with van der Waals surface area (Å²) in [5.74, 6) is 1.54. The minimum absolute atomic E-state index is 0.0516. The summed E-state index contributed by atoms with van der Waals surface area (Å²) in [5, 5.41) is 7.78. The molecule has 1 saturated carbocycles. The Balaban J connectivity index is 1.33. The summed E-state index contributed by atoms with van der Waals surface area (Å²) in [6.07, 6.45) is -0.737. The van der Waals surface area contributed by atoms with Gasteiger partial charge in [0.1, 0.15) is 12.3 Å². The molecule has 5 rings (SSSR count). The number of nitrogens with one attached hydrogen (secondary N) is 1. The normalized spacial score (nSPS) is 21.7. The third-order valence-electron chi connectivity index (χ3n) is 6.39. The molecule has 3 aromatic rings. The number of alkyl halides is 3. The first-order valence-corrected chi connectivity index (χ1v) is 11.6. The second-order valence-corrected chi connectivity index (χ2v) is 9.22. The molecule has 0 amide bonds. The largest absolute Gasteiger partial charge is 0.481 e. The van der Waals surface area contributed by atoms with Gasteiger partial charge in [-0.2, -0.15) is 18.2 Å². The van der Waals surface area contributed by atoms with Crippen LogP contribution in [0.25, 0.3) is 0 Å². The molecule has 3 heterocycles. The fourth-order valence-corrected chi connectivity index (χ4v) is 5.08. The van der Waals surface area contributed by atoms with Gasteiger partial charge in [0.05, 0.1) is 7.11 Å². The molecule has 2 aromatic heterocycles. The second kappa shape index (κ2) is 9.44. The zero-order valence-electron chi connectivity index (χ0n) is 18.9. The van der Waals surface area contributed by atoms with Gasteiger partial charge in [0.25, 0.3) is 0 Å². The van der Waals surface area contributed by atoms with Gasteiger partial charge in [-0.3, -0.25) is 0 Å². The van der Waals surface area contributed by atoms with Crippen LogP contribution in [0.2, 0.25) is 5.02 Å². The molecule has 2 bridgehead atoms. The number of methoxy groups -OCH3 is 1. The highest BCUT2D eigenvalue weighted by Gasteiger charge is 2.43. The number of pyridine rings is 1. The van der Waals surface area contributed by atoms with Crippen LogP contribution in [0, 0.1) is 11.8 Å². The molecule has 1 N–H and O–H groups in total. The average Bonchev–Trinajstić information content (AvgIpc) is 3.26. The monoisotopic (exact) mass is 508 g/mol. The zero-order valence-corrected chi connectivity index (χ0v) is 19.6. The van der Waals surface area contributed by atoms with Crippen LogP contribution in [-0.2, 0) is 6.54 Å². The molecular weight excluding hydrogens is 485 g/mol. The Bertz CT molecular complexity index is 1180. The van der Waals surface area contributed by atoms with Crippen molar-refractivity contribution in [3.63, 3.8) is 0 Å². The van der Waals surface area contributed by atoms with Gasteiger partial charge in [-0.05, 0) is 48.9 Å². The molecule has 3 atom stereocenters. The zero-order chi connectivity index (χ0) is 24.6. The Morgan fingerprint density at radius 3 is 2.60 bits per heavy atom. The van der Waals surface area contributed by atoms with Gasteiger partial charge in [0, 0.05) is 42.1 Å². The van der Waals surface area contributed by atoms with Crippen molar-refractivity contribution in [2.45, 2.75) is 31.6 Å². The van der Waals surface area contributed by atoms with Crippen molar-refractivity contribution in [3.8, 4) is 17.6 Å². The first-order chi connectivity index (χ1) is 16.8. The first-order valence-electron chi connectivity index (χ1n) is 11.2. The lowest BCUT2D eigenvalue weighted by Crippen LogP contribution is -2.48. The molecule has 1 aliphatic carbocycles. The SMILES string of the molecule is COc1cc(N2C[C@H]3CC[C@@H](C2)[C@@H]3Nc2nc(Oc3cccc(Cl)c3)n(CC(F)(F)F)n2)ccn1. The number of aromatic nitrogens is 4. The van der Waals surface area contributed by atoms with Crippen molar-refractivity contribution in [3.05, 3.63) is 47.6 Å². The Labute approximate surface area is 205 Å². The Morgan fingerprint density at radius 1 is 1.14 bits per heavy atom. The maximum atomic E-state index is 13.2. The smallest absolute Gasteiger partial charge is 0.408 e. The van der Waals surface area contributed by atoms with Gasteiger partial charge in [-0.25, -0.2) is 9.67 Å². The lowest BCUT2D eigenvalue weighted by Gasteiger charge is -2.39. The van der Waals surface area contributed by atoms with E-state index in [1.54, 1.807) is 31.5 Å². The summed E-state index contributed by atoms with van der Waals surface area (Å²) < 4.78 is 51.1. The number of nitrogens with zero attached hydrogens (tertiary/aromatic N) is 5. The topological polar surface area (TPSA) is 77.3 Å². The molecule has 0 spiro atoms. The quantitative estimate of drug-likeness (QED) is 0.480. The van der Waals surface area contributed by atoms with Crippen LogP contribution >= 0.6 is 11.6 Å². The van der Waals surface area contributed by atoms with Crippen molar-refractivity contribution in [2.24, 2.45) is 11.8 Å². The van der Waals surface area contributed by atoms with E-state index in [-0.39, 0.29) is 23.8 Å². The molecule has 186 valence electrons. The Morgan fingerprint density at radius 2 is 1.91 bits per heavy atom. The molecule has 0 unspecified atom stereocenters. The number of hydrogen-bond acceptors (Lipinski definition) is 7. The van der Waals surface area contributed by atoms with E-state index in [1.807, 2.05) is 12.1 Å². The molecule has 35 heavy (non-hydrogen) atoms. The fraction of sp³-hybridized carbons (Fsp3) is 0.435. The van der Waals surface area contributed by atoms with Gasteiger partial charge in [-0.15, -0.1) is 5.10 Å². The number of benzene rings is 1. The van der Waals surface area contributed by atoms with Crippen LogP contribution in [0.1, 0.15) is 12.8 Å². The lowest BCUT2D eigenvalue weighted by atomic mass is 9.92. The van der Waals surface area contributed by atoms with Crippen molar-refractivity contribution in [1.29, 1.82) is 0 Å². The third kappa shape index (κ3) is 5.39. The molecule has 1 saturated heterocycles. The highest BCUT2D eigenvalue weighted by molar-refractivity contribution is 6.30. The molecule has 2 fully saturated rings. The number of fused-ring (bicyclic) bond motifs is 2. The van der Waals surface area contributed by atoms with Gasteiger partial charge < -0.3 is 19.7 Å². The van der Waals surface area contributed by atoms with E-state index >= 15 is 0 Å². The summed E-state index contributed by atoms with van der Waals surface area (Å²) in [6.45, 7) is 0.291. The maximum Gasteiger partial charge on any atom is 0.408 e. The molecule has 8 nitrogen and oxygen atoms in total.